The molecule has 4 rings (SSSR count). The first kappa shape index (κ1) is 13.2. The molecule has 0 aliphatic heterocycles. The molecule has 3 atom stereocenters. The van der Waals surface area contributed by atoms with Gasteiger partial charge in [-0.1, -0.05) is 19.9 Å². The average Bonchev–Trinajstić information content (AvgIpc) is 2.35. The molecule has 3 heteroatoms. The van der Waals surface area contributed by atoms with E-state index < -0.39 is 5.97 Å². The zero-order valence-electron chi connectivity index (χ0n) is 12.0. The summed E-state index contributed by atoms with van der Waals surface area (Å²) in [5, 5.41) is 0. The fourth-order valence-electron chi connectivity index (χ4n) is 5.10. The first-order valence-electron chi connectivity index (χ1n) is 7.59. The van der Waals surface area contributed by atoms with E-state index >= 15 is 0 Å². The van der Waals surface area contributed by atoms with Crippen molar-refractivity contribution in [2.24, 2.45) is 23.7 Å². The molecular formula is C16H24O3. The van der Waals surface area contributed by atoms with Crippen molar-refractivity contribution < 1.29 is 14.6 Å². The number of rotatable bonds is 4. The van der Waals surface area contributed by atoms with Crippen molar-refractivity contribution in [3.63, 3.8) is 0 Å². The molecule has 0 aromatic rings. The van der Waals surface area contributed by atoms with Gasteiger partial charge in [-0.25, -0.2) is 4.79 Å². The van der Waals surface area contributed by atoms with Gasteiger partial charge in [0.1, 0.15) is 5.60 Å². The van der Waals surface area contributed by atoms with E-state index in [0.717, 1.165) is 37.0 Å². The Hall–Kier alpha value is -0.830. The van der Waals surface area contributed by atoms with Gasteiger partial charge in [-0.15, -0.1) is 0 Å². The fourth-order valence-corrected chi connectivity index (χ4v) is 5.10. The van der Waals surface area contributed by atoms with E-state index in [1.165, 1.54) is 19.3 Å². The van der Waals surface area contributed by atoms with E-state index in [2.05, 4.69) is 13.5 Å². The lowest BCUT2D eigenvalue weighted by Gasteiger charge is -2.59. The maximum atomic E-state index is 11.6. The molecule has 4 bridgehead atoms. The largest absolute Gasteiger partial charge is 0.368 e. The van der Waals surface area contributed by atoms with Gasteiger partial charge in [-0.05, 0) is 62.7 Å². The molecule has 0 amide bonds. The normalized spacial score (nSPS) is 43.3. The van der Waals surface area contributed by atoms with Crippen LogP contribution in [0.4, 0.5) is 0 Å². The lowest BCUT2D eigenvalue weighted by Crippen LogP contribution is -2.58. The van der Waals surface area contributed by atoms with Gasteiger partial charge in [-0.3, -0.25) is 4.89 Å². The third-order valence-corrected chi connectivity index (χ3v) is 5.52. The first-order chi connectivity index (χ1) is 9.04. The Morgan fingerprint density at radius 1 is 1.26 bits per heavy atom. The maximum Gasteiger partial charge on any atom is 0.368 e. The highest BCUT2D eigenvalue weighted by atomic mass is 17.2. The summed E-state index contributed by atoms with van der Waals surface area (Å²) in [7, 11) is 0. The van der Waals surface area contributed by atoms with Crippen LogP contribution in [0, 0.1) is 23.7 Å². The van der Waals surface area contributed by atoms with Crippen LogP contribution in [0.3, 0.4) is 0 Å². The summed E-state index contributed by atoms with van der Waals surface area (Å²) in [5.74, 6) is 2.47. The molecular weight excluding hydrogens is 240 g/mol. The summed E-state index contributed by atoms with van der Waals surface area (Å²) < 4.78 is 0. The monoisotopic (exact) mass is 264 g/mol. The van der Waals surface area contributed by atoms with E-state index in [9.17, 15) is 4.79 Å². The Morgan fingerprint density at radius 2 is 1.89 bits per heavy atom. The fraction of sp³-hybridized carbons (Fsp3) is 0.812. The molecule has 0 spiro atoms. The second kappa shape index (κ2) is 4.62. The van der Waals surface area contributed by atoms with Crippen molar-refractivity contribution in [3.05, 3.63) is 12.2 Å². The van der Waals surface area contributed by atoms with Crippen LogP contribution in [-0.2, 0) is 14.6 Å². The second-order valence-corrected chi connectivity index (χ2v) is 6.92. The van der Waals surface area contributed by atoms with E-state index in [-0.39, 0.29) is 5.60 Å². The molecule has 0 saturated heterocycles. The van der Waals surface area contributed by atoms with Crippen molar-refractivity contribution in [1.29, 1.82) is 0 Å². The highest BCUT2D eigenvalue weighted by molar-refractivity contribution is 5.86. The topological polar surface area (TPSA) is 35.5 Å². The highest BCUT2D eigenvalue weighted by Crippen LogP contribution is 2.60. The average molecular weight is 264 g/mol. The summed E-state index contributed by atoms with van der Waals surface area (Å²) in [5.41, 5.74) is 0.201. The van der Waals surface area contributed by atoms with E-state index in [1.807, 2.05) is 0 Å². The van der Waals surface area contributed by atoms with Crippen LogP contribution in [0.1, 0.15) is 52.4 Å². The van der Waals surface area contributed by atoms with Gasteiger partial charge >= 0.3 is 5.97 Å². The zero-order chi connectivity index (χ0) is 13.6. The Balaban J connectivity index is 1.76. The Bertz CT molecular complexity index is 387. The molecule has 0 aromatic heterocycles. The SMILES string of the molecule is C=C(C)C(=O)OOC12CC3CC(CC(C3)C1CC)C2. The summed E-state index contributed by atoms with van der Waals surface area (Å²) in [6.07, 6.45) is 7.33. The molecule has 106 valence electrons. The van der Waals surface area contributed by atoms with Gasteiger partial charge in [0, 0.05) is 5.57 Å². The van der Waals surface area contributed by atoms with Gasteiger partial charge in [0.2, 0.25) is 0 Å². The molecule has 0 aromatic carbocycles. The third kappa shape index (κ3) is 2.12. The van der Waals surface area contributed by atoms with Crippen LogP contribution < -0.4 is 0 Å². The summed E-state index contributed by atoms with van der Waals surface area (Å²) >= 11 is 0. The molecule has 4 aliphatic rings. The first-order valence-corrected chi connectivity index (χ1v) is 7.59. The van der Waals surface area contributed by atoms with Crippen LogP contribution in [0.25, 0.3) is 0 Å². The van der Waals surface area contributed by atoms with Crippen molar-refractivity contribution >= 4 is 5.97 Å². The lowest BCUT2D eigenvalue weighted by atomic mass is 9.49. The molecule has 4 fully saturated rings. The van der Waals surface area contributed by atoms with Gasteiger partial charge in [0.25, 0.3) is 0 Å². The summed E-state index contributed by atoms with van der Waals surface area (Å²) in [6, 6.07) is 0. The van der Waals surface area contributed by atoms with Gasteiger partial charge in [0.05, 0.1) is 0 Å². The van der Waals surface area contributed by atoms with Gasteiger partial charge < -0.3 is 0 Å². The van der Waals surface area contributed by atoms with Crippen LogP contribution in [0.2, 0.25) is 0 Å². The predicted molar refractivity (Wildman–Crippen MR) is 72.1 cm³/mol. The summed E-state index contributed by atoms with van der Waals surface area (Å²) in [6.45, 7) is 7.49. The summed E-state index contributed by atoms with van der Waals surface area (Å²) in [4.78, 5) is 22.4. The lowest BCUT2D eigenvalue weighted by molar-refractivity contribution is -0.375. The number of hydrogen-bond donors (Lipinski definition) is 0. The maximum absolute atomic E-state index is 11.6. The molecule has 3 nitrogen and oxygen atoms in total. The minimum Gasteiger partial charge on any atom is -0.293 e. The second-order valence-electron chi connectivity index (χ2n) is 6.92. The number of hydrogen-bond acceptors (Lipinski definition) is 3. The molecule has 4 saturated carbocycles. The van der Waals surface area contributed by atoms with Crippen molar-refractivity contribution in [2.75, 3.05) is 0 Å². The Labute approximate surface area is 115 Å². The van der Waals surface area contributed by atoms with Crippen LogP contribution in [0.15, 0.2) is 12.2 Å². The molecule has 19 heavy (non-hydrogen) atoms. The van der Waals surface area contributed by atoms with Gasteiger partial charge in [-0.2, -0.15) is 4.89 Å². The minimum absolute atomic E-state index is 0.200. The highest BCUT2D eigenvalue weighted by Gasteiger charge is 2.58. The van der Waals surface area contributed by atoms with Crippen molar-refractivity contribution in [1.82, 2.24) is 0 Å². The zero-order valence-corrected chi connectivity index (χ0v) is 12.0. The number of carbonyl (C=O) groups is 1. The molecule has 4 aliphatic carbocycles. The van der Waals surface area contributed by atoms with Crippen LogP contribution in [-0.4, -0.2) is 11.6 Å². The molecule has 0 radical (unpaired) electrons. The van der Waals surface area contributed by atoms with Gasteiger partial charge in [0.15, 0.2) is 0 Å². The number of carbonyl (C=O) groups excluding carboxylic acids is 1. The molecule has 0 N–H and O–H groups in total. The van der Waals surface area contributed by atoms with E-state index in [0.29, 0.717) is 11.5 Å². The van der Waals surface area contributed by atoms with Crippen molar-refractivity contribution in [3.8, 4) is 0 Å². The molecule has 0 heterocycles. The van der Waals surface area contributed by atoms with Crippen molar-refractivity contribution in [2.45, 2.75) is 58.0 Å². The van der Waals surface area contributed by atoms with E-state index in [1.54, 1.807) is 6.92 Å². The smallest absolute Gasteiger partial charge is 0.293 e. The Morgan fingerprint density at radius 3 is 2.42 bits per heavy atom. The quantitative estimate of drug-likeness (QED) is 0.442. The van der Waals surface area contributed by atoms with Crippen LogP contribution in [0.5, 0.6) is 0 Å². The molecule has 3 unspecified atom stereocenters. The standard InChI is InChI=1S/C16H24O3/c1-4-14-13-6-11-5-12(7-13)9-16(14,8-11)19-18-15(17)10(2)3/h11-14H,2,4-9H2,1,3H3. The van der Waals surface area contributed by atoms with Crippen LogP contribution >= 0.6 is 0 Å². The van der Waals surface area contributed by atoms with E-state index in [4.69, 9.17) is 9.78 Å². The Kier molecular flexibility index (Phi) is 3.20. The third-order valence-electron chi connectivity index (χ3n) is 5.52. The predicted octanol–water partition coefficient (Wildman–Crippen LogP) is 3.64. The minimum atomic E-state index is -0.425.